The molecule has 0 radical (unpaired) electrons. The summed E-state index contributed by atoms with van der Waals surface area (Å²) in [5.41, 5.74) is 4.26. The van der Waals surface area contributed by atoms with Crippen molar-refractivity contribution in [2.24, 2.45) is 5.92 Å². The van der Waals surface area contributed by atoms with Crippen LogP contribution in [0.2, 0.25) is 0 Å². The molecule has 2 rings (SSSR count). The number of carbonyl (C=O) groups excluding carboxylic acids is 2. The zero-order valence-electron chi connectivity index (χ0n) is 19.0. The number of nitrogens with one attached hydrogen (secondary N) is 1. The lowest BCUT2D eigenvalue weighted by molar-refractivity contribution is -0.140. The number of carbonyl (C=O) groups is 2. The predicted molar refractivity (Wildman–Crippen MR) is 120 cm³/mol. The van der Waals surface area contributed by atoms with E-state index in [1.807, 2.05) is 63.2 Å². The van der Waals surface area contributed by atoms with Gasteiger partial charge >= 0.3 is 0 Å². The Hall–Kier alpha value is -2.82. The van der Waals surface area contributed by atoms with E-state index in [1.165, 1.54) is 5.56 Å². The first kappa shape index (κ1) is 23.5. The van der Waals surface area contributed by atoms with E-state index >= 15 is 0 Å². The number of methoxy groups -OCH3 is 1. The summed E-state index contributed by atoms with van der Waals surface area (Å²) >= 11 is 0. The third-order valence-corrected chi connectivity index (χ3v) is 5.29. The second kappa shape index (κ2) is 10.8. The minimum atomic E-state index is -0.565. The van der Waals surface area contributed by atoms with Crippen LogP contribution < -0.4 is 10.1 Å². The van der Waals surface area contributed by atoms with Gasteiger partial charge < -0.3 is 15.0 Å². The van der Waals surface area contributed by atoms with Crippen LogP contribution in [0.5, 0.6) is 5.75 Å². The van der Waals surface area contributed by atoms with Crippen LogP contribution in [0.25, 0.3) is 0 Å². The van der Waals surface area contributed by atoms with E-state index in [9.17, 15) is 9.59 Å². The molecule has 1 N–H and O–H groups in total. The minimum absolute atomic E-state index is 0.0683. The van der Waals surface area contributed by atoms with Crippen LogP contribution in [0.3, 0.4) is 0 Å². The highest BCUT2D eigenvalue weighted by molar-refractivity contribution is 5.88. The summed E-state index contributed by atoms with van der Waals surface area (Å²) in [6, 6.07) is 13.1. The molecule has 0 heterocycles. The summed E-state index contributed by atoms with van der Waals surface area (Å²) in [5.74, 6) is 0.906. The Labute approximate surface area is 180 Å². The Balaban J connectivity index is 2.22. The lowest BCUT2D eigenvalue weighted by atomic mass is 10.0. The molecule has 0 fully saturated rings. The number of nitrogens with zero attached hydrogens (tertiary/aromatic N) is 1. The first-order valence-electron chi connectivity index (χ1n) is 10.5. The van der Waals surface area contributed by atoms with E-state index in [0.717, 1.165) is 22.4 Å². The van der Waals surface area contributed by atoms with Crippen LogP contribution in [-0.4, -0.2) is 36.4 Å². The van der Waals surface area contributed by atoms with Gasteiger partial charge in [0.05, 0.1) is 13.5 Å². The fourth-order valence-corrected chi connectivity index (χ4v) is 3.15. The van der Waals surface area contributed by atoms with Crippen molar-refractivity contribution < 1.29 is 14.3 Å². The van der Waals surface area contributed by atoms with Gasteiger partial charge in [-0.1, -0.05) is 44.2 Å². The monoisotopic (exact) mass is 410 g/mol. The molecule has 5 heteroatoms. The van der Waals surface area contributed by atoms with Crippen LogP contribution in [0.1, 0.15) is 43.0 Å². The first-order chi connectivity index (χ1) is 14.2. The summed E-state index contributed by atoms with van der Waals surface area (Å²) in [6.45, 7) is 10.9. The Bertz CT molecular complexity index is 859. The van der Waals surface area contributed by atoms with Crippen molar-refractivity contribution >= 4 is 11.8 Å². The molecule has 0 aliphatic carbocycles. The molecule has 0 spiro atoms. The van der Waals surface area contributed by atoms with Crippen molar-refractivity contribution in [2.75, 3.05) is 13.7 Å². The third-order valence-electron chi connectivity index (χ3n) is 5.29. The van der Waals surface area contributed by atoms with Gasteiger partial charge in [0.25, 0.3) is 0 Å². The first-order valence-corrected chi connectivity index (χ1v) is 10.5. The van der Waals surface area contributed by atoms with Gasteiger partial charge in [0.15, 0.2) is 0 Å². The number of benzene rings is 2. The molecule has 0 aliphatic rings. The van der Waals surface area contributed by atoms with Crippen molar-refractivity contribution in [3.8, 4) is 5.75 Å². The molecule has 0 bridgehead atoms. The lowest BCUT2D eigenvalue weighted by Crippen LogP contribution is -2.48. The highest BCUT2D eigenvalue weighted by atomic mass is 16.5. The molecule has 2 aromatic carbocycles. The van der Waals surface area contributed by atoms with Crippen LogP contribution >= 0.6 is 0 Å². The van der Waals surface area contributed by atoms with Crippen molar-refractivity contribution in [2.45, 2.75) is 53.6 Å². The summed E-state index contributed by atoms with van der Waals surface area (Å²) in [7, 11) is 1.62. The van der Waals surface area contributed by atoms with Gasteiger partial charge in [-0.25, -0.2) is 0 Å². The fraction of sp³-hybridized carbons (Fsp3) is 0.440. The molecule has 0 unspecified atom stereocenters. The molecule has 30 heavy (non-hydrogen) atoms. The van der Waals surface area contributed by atoms with Gasteiger partial charge in [0.2, 0.25) is 11.8 Å². The van der Waals surface area contributed by atoms with E-state index in [1.54, 1.807) is 18.9 Å². The van der Waals surface area contributed by atoms with Gasteiger partial charge in [0, 0.05) is 13.1 Å². The maximum Gasteiger partial charge on any atom is 0.242 e. The van der Waals surface area contributed by atoms with E-state index in [2.05, 4.69) is 12.2 Å². The molecule has 0 aromatic heterocycles. The second-order valence-electron chi connectivity index (χ2n) is 8.28. The van der Waals surface area contributed by atoms with Gasteiger partial charge in [-0.3, -0.25) is 9.59 Å². The number of aryl methyl sites for hydroxylation is 2. The van der Waals surface area contributed by atoms with E-state index < -0.39 is 6.04 Å². The quantitative estimate of drug-likeness (QED) is 0.679. The molecule has 0 aliphatic heterocycles. The van der Waals surface area contributed by atoms with Crippen LogP contribution in [0.15, 0.2) is 42.5 Å². The molecule has 5 nitrogen and oxygen atoms in total. The van der Waals surface area contributed by atoms with E-state index in [4.69, 9.17) is 4.74 Å². The van der Waals surface area contributed by atoms with Crippen LogP contribution in [-0.2, 0) is 22.6 Å². The van der Waals surface area contributed by atoms with Crippen molar-refractivity contribution in [1.82, 2.24) is 10.2 Å². The van der Waals surface area contributed by atoms with Crippen molar-refractivity contribution in [3.63, 3.8) is 0 Å². The van der Waals surface area contributed by atoms with Gasteiger partial charge in [-0.15, -0.1) is 0 Å². The number of hydrogen-bond donors (Lipinski definition) is 1. The highest BCUT2D eigenvalue weighted by Gasteiger charge is 2.26. The van der Waals surface area contributed by atoms with Crippen molar-refractivity contribution in [1.29, 1.82) is 0 Å². The molecule has 162 valence electrons. The SMILES string of the molecule is COc1ccc(CN(C(=O)Cc2ccc(C)c(C)c2)[C@H](C)C(=O)NCC(C)C)cc1. The van der Waals surface area contributed by atoms with Gasteiger partial charge in [-0.2, -0.15) is 0 Å². The molecular weight excluding hydrogens is 376 g/mol. The molecule has 2 aromatic rings. The normalized spacial score (nSPS) is 11.8. The molecule has 0 saturated carbocycles. The van der Waals surface area contributed by atoms with Crippen molar-refractivity contribution in [3.05, 3.63) is 64.7 Å². The maximum absolute atomic E-state index is 13.2. The Morgan fingerprint density at radius 1 is 0.967 bits per heavy atom. The van der Waals surface area contributed by atoms with E-state index in [0.29, 0.717) is 19.0 Å². The molecule has 0 saturated heterocycles. The number of hydrogen-bond acceptors (Lipinski definition) is 3. The average Bonchev–Trinajstić information content (AvgIpc) is 2.72. The summed E-state index contributed by atoms with van der Waals surface area (Å²) in [5, 5.41) is 2.95. The van der Waals surface area contributed by atoms with E-state index in [-0.39, 0.29) is 18.2 Å². The second-order valence-corrected chi connectivity index (χ2v) is 8.28. The van der Waals surface area contributed by atoms with Gasteiger partial charge in [0.1, 0.15) is 11.8 Å². The number of amides is 2. The standard InChI is InChI=1S/C25H34N2O3/c1-17(2)15-26-25(29)20(5)27(16-21-9-11-23(30-6)12-10-21)24(28)14-22-8-7-18(3)19(4)13-22/h7-13,17,20H,14-16H2,1-6H3,(H,26,29)/t20-/m1/s1. The molecule has 1 atom stereocenters. The third kappa shape index (κ3) is 6.61. The largest absolute Gasteiger partial charge is 0.497 e. The van der Waals surface area contributed by atoms with Crippen LogP contribution in [0, 0.1) is 19.8 Å². The minimum Gasteiger partial charge on any atom is -0.497 e. The summed E-state index contributed by atoms with van der Waals surface area (Å²) < 4.78 is 5.22. The molecular formula is C25H34N2O3. The predicted octanol–water partition coefficient (Wildman–Crippen LogP) is 4.04. The Morgan fingerprint density at radius 2 is 1.60 bits per heavy atom. The summed E-state index contributed by atoms with van der Waals surface area (Å²) in [6.07, 6.45) is 0.263. The topological polar surface area (TPSA) is 58.6 Å². The zero-order chi connectivity index (χ0) is 22.3. The number of rotatable bonds is 9. The van der Waals surface area contributed by atoms with Crippen LogP contribution in [0.4, 0.5) is 0 Å². The average molecular weight is 411 g/mol. The Kier molecular flexibility index (Phi) is 8.46. The van der Waals surface area contributed by atoms with Gasteiger partial charge in [-0.05, 0) is 61.1 Å². The smallest absolute Gasteiger partial charge is 0.242 e. The zero-order valence-corrected chi connectivity index (χ0v) is 19.0. The Morgan fingerprint density at radius 3 is 2.17 bits per heavy atom. The maximum atomic E-state index is 13.2. The highest BCUT2D eigenvalue weighted by Crippen LogP contribution is 2.17. The number of ether oxygens (including phenoxy) is 1. The fourth-order valence-electron chi connectivity index (χ4n) is 3.15. The molecule has 2 amide bonds. The lowest BCUT2D eigenvalue weighted by Gasteiger charge is -2.29. The summed E-state index contributed by atoms with van der Waals surface area (Å²) in [4.78, 5) is 27.6.